The van der Waals surface area contributed by atoms with E-state index in [1.165, 1.54) is 32.6 Å². The van der Waals surface area contributed by atoms with Crippen molar-refractivity contribution in [1.29, 1.82) is 0 Å². The van der Waals surface area contributed by atoms with Crippen molar-refractivity contribution in [2.24, 2.45) is 5.41 Å². The van der Waals surface area contributed by atoms with Gasteiger partial charge >= 0.3 is 0 Å². The Morgan fingerprint density at radius 1 is 1.11 bits per heavy atom. The van der Waals surface area contributed by atoms with Gasteiger partial charge in [-0.15, -0.1) is 0 Å². The number of nitrogens with zero attached hydrogens (tertiary/aromatic N) is 2. The van der Waals surface area contributed by atoms with Crippen molar-refractivity contribution in [1.82, 2.24) is 15.1 Å². The van der Waals surface area contributed by atoms with Gasteiger partial charge < -0.3 is 5.32 Å². The number of piperazine rings is 1. The molecule has 1 N–H and O–H groups in total. The second-order valence-electron chi connectivity index (χ2n) is 7.57. The van der Waals surface area contributed by atoms with E-state index in [4.69, 9.17) is 0 Å². The van der Waals surface area contributed by atoms with Gasteiger partial charge in [-0.2, -0.15) is 0 Å². The van der Waals surface area contributed by atoms with Crippen LogP contribution < -0.4 is 5.32 Å². The summed E-state index contributed by atoms with van der Waals surface area (Å²) >= 11 is 0. The van der Waals surface area contributed by atoms with E-state index in [9.17, 15) is 0 Å². The Hall–Kier alpha value is -0.120. The fourth-order valence-corrected chi connectivity index (χ4v) is 2.36. The summed E-state index contributed by atoms with van der Waals surface area (Å²) in [5, 5.41) is 3.57. The fourth-order valence-electron chi connectivity index (χ4n) is 2.36. The van der Waals surface area contributed by atoms with E-state index in [1.54, 1.807) is 0 Å². The van der Waals surface area contributed by atoms with E-state index >= 15 is 0 Å². The smallest absolute Gasteiger partial charge is 0.0277 e. The van der Waals surface area contributed by atoms with Gasteiger partial charge in [-0.05, 0) is 39.3 Å². The number of hydrogen-bond donors (Lipinski definition) is 1. The molecule has 3 heteroatoms. The lowest BCUT2D eigenvalue weighted by molar-refractivity contribution is 0.0407. The Labute approximate surface area is 114 Å². The first-order valence-electron chi connectivity index (χ1n) is 7.35. The topological polar surface area (TPSA) is 18.5 Å². The van der Waals surface area contributed by atoms with Gasteiger partial charge in [0.2, 0.25) is 0 Å². The minimum atomic E-state index is 0.323. The van der Waals surface area contributed by atoms with Gasteiger partial charge in [-0.3, -0.25) is 9.80 Å². The SMILES string of the molecule is CN1CCN(CCNCCC(C)(C)C)CC1(C)C. The molecule has 1 aliphatic rings. The summed E-state index contributed by atoms with van der Waals surface area (Å²) < 4.78 is 0. The zero-order valence-corrected chi connectivity index (χ0v) is 13.3. The van der Waals surface area contributed by atoms with Crippen molar-refractivity contribution in [2.45, 2.75) is 46.6 Å². The van der Waals surface area contributed by atoms with Crippen LogP contribution in [0.25, 0.3) is 0 Å². The molecular formula is C15H33N3. The quantitative estimate of drug-likeness (QED) is 0.759. The van der Waals surface area contributed by atoms with Crippen LogP contribution in [0.15, 0.2) is 0 Å². The minimum absolute atomic E-state index is 0.323. The first-order valence-corrected chi connectivity index (χ1v) is 7.35. The van der Waals surface area contributed by atoms with Crippen LogP contribution >= 0.6 is 0 Å². The van der Waals surface area contributed by atoms with Crippen LogP contribution in [-0.2, 0) is 0 Å². The lowest BCUT2D eigenvalue weighted by atomic mass is 9.92. The van der Waals surface area contributed by atoms with Crippen molar-refractivity contribution in [3.63, 3.8) is 0 Å². The molecule has 1 fully saturated rings. The van der Waals surface area contributed by atoms with E-state index in [1.807, 2.05) is 0 Å². The Balaban J connectivity index is 2.13. The molecule has 0 bridgehead atoms. The van der Waals surface area contributed by atoms with E-state index in [0.29, 0.717) is 11.0 Å². The molecule has 0 atom stereocenters. The highest BCUT2D eigenvalue weighted by atomic mass is 15.3. The van der Waals surface area contributed by atoms with Crippen LogP contribution in [0.1, 0.15) is 41.0 Å². The molecule has 3 nitrogen and oxygen atoms in total. The number of rotatable bonds is 5. The third-order valence-electron chi connectivity index (χ3n) is 4.05. The van der Waals surface area contributed by atoms with Crippen LogP contribution in [0.2, 0.25) is 0 Å². The zero-order chi connectivity index (χ0) is 13.8. The molecule has 0 unspecified atom stereocenters. The van der Waals surface area contributed by atoms with Crippen LogP contribution in [0.3, 0.4) is 0 Å². The van der Waals surface area contributed by atoms with Crippen LogP contribution in [0.4, 0.5) is 0 Å². The minimum Gasteiger partial charge on any atom is -0.315 e. The molecule has 1 saturated heterocycles. The van der Waals surface area contributed by atoms with Gasteiger partial charge in [0.1, 0.15) is 0 Å². The van der Waals surface area contributed by atoms with Gasteiger partial charge in [-0.25, -0.2) is 0 Å². The molecule has 0 radical (unpaired) electrons. The van der Waals surface area contributed by atoms with Gasteiger partial charge in [-0.1, -0.05) is 20.8 Å². The molecule has 0 aromatic heterocycles. The summed E-state index contributed by atoms with van der Waals surface area (Å²) in [5.74, 6) is 0. The first-order chi connectivity index (χ1) is 8.21. The largest absolute Gasteiger partial charge is 0.315 e. The second-order valence-corrected chi connectivity index (χ2v) is 7.57. The highest BCUT2D eigenvalue weighted by Crippen LogP contribution is 2.18. The first kappa shape index (κ1) is 15.9. The summed E-state index contributed by atoms with van der Waals surface area (Å²) in [4.78, 5) is 5.06. The average molecular weight is 255 g/mol. The molecule has 0 aliphatic carbocycles. The van der Waals surface area contributed by atoms with E-state index in [0.717, 1.165) is 13.1 Å². The van der Waals surface area contributed by atoms with E-state index in [2.05, 4.69) is 56.8 Å². The summed E-state index contributed by atoms with van der Waals surface area (Å²) in [6.07, 6.45) is 1.25. The highest BCUT2D eigenvalue weighted by molar-refractivity contribution is 4.88. The summed E-state index contributed by atoms with van der Waals surface area (Å²) in [5.41, 5.74) is 0.770. The Morgan fingerprint density at radius 3 is 2.33 bits per heavy atom. The molecular weight excluding hydrogens is 222 g/mol. The summed E-state index contributed by atoms with van der Waals surface area (Å²) in [7, 11) is 2.24. The third kappa shape index (κ3) is 5.68. The van der Waals surface area contributed by atoms with E-state index in [-0.39, 0.29) is 0 Å². The predicted molar refractivity (Wildman–Crippen MR) is 80.1 cm³/mol. The standard InChI is InChI=1S/C15H33N3/c1-14(2,3)7-8-16-9-10-18-12-11-17(6)15(4,5)13-18/h16H,7-13H2,1-6H3. The fraction of sp³-hybridized carbons (Fsp3) is 1.00. The predicted octanol–water partition coefficient (Wildman–Crippen LogP) is 2.04. The monoisotopic (exact) mass is 255 g/mol. The Bertz CT molecular complexity index is 243. The molecule has 18 heavy (non-hydrogen) atoms. The summed E-state index contributed by atoms with van der Waals surface area (Å²) in [6.45, 7) is 18.6. The Morgan fingerprint density at radius 2 is 1.78 bits per heavy atom. The molecule has 0 aromatic rings. The van der Waals surface area contributed by atoms with Crippen molar-refractivity contribution >= 4 is 0 Å². The molecule has 0 aromatic carbocycles. The maximum absolute atomic E-state index is 3.57. The average Bonchev–Trinajstić information content (AvgIpc) is 2.21. The molecule has 1 rings (SSSR count). The number of hydrogen-bond acceptors (Lipinski definition) is 3. The lowest BCUT2D eigenvalue weighted by Gasteiger charge is -2.45. The van der Waals surface area contributed by atoms with Gasteiger partial charge in [0.25, 0.3) is 0 Å². The summed E-state index contributed by atoms with van der Waals surface area (Å²) in [6, 6.07) is 0. The van der Waals surface area contributed by atoms with Crippen LogP contribution in [0, 0.1) is 5.41 Å². The molecule has 1 aliphatic heterocycles. The molecule has 0 amide bonds. The van der Waals surface area contributed by atoms with E-state index < -0.39 is 0 Å². The van der Waals surface area contributed by atoms with Crippen molar-refractivity contribution in [2.75, 3.05) is 46.3 Å². The maximum atomic E-state index is 3.57. The molecule has 0 spiro atoms. The van der Waals surface area contributed by atoms with Gasteiger partial charge in [0.05, 0.1) is 0 Å². The van der Waals surface area contributed by atoms with Crippen molar-refractivity contribution in [3.8, 4) is 0 Å². The van der Waals surface area contributed by atoms with Crippen molar-refractivity contribution < 1.29 is 0 Å². The number of nitrogens with one attached hydrogen (secondary N) is 1. The zero-order valence-electron chi connectivity index (χ0n) is 13.3. The highest BCUT2D eigenvalue weighted by Gasteiger charge is 2.30. The van der Waals surface area contributed by atoms with Crippen molar-refractivity contribution in [3.05, 3.63) is 0 Å². The second kappa shape index (κ2) is 6.36. The van der Waals surface area contributed by atoms with Crippen LogP contribution in [0.5, 0.6) is 0 Å². The lowest BCUT2D eigenvalue weighted by Crippen LogP contribution is -2.58. The van der Waals surface area contributed by atoms with Gasteiger partial charge in [0.15, 0.2) is 0 Å². The normalized spacial score (nSPS) is 22.3. The number of likely N-dealkylation sites (N-methyl/N-ethyl adjacent to an activating group) is 1. The molecule has 108 valence electrons. The Kier molecular flexibility index (Phi) is 5.63. The van der Waals surface area contributed by atoms with Gasteiger partial charge in [0, 0.05) is 38.3 Å². The maximum Gasteiger partial charge on any atom is 0.0277 e. The third-order valence-corrected chi connectivity index (χ3v) is 4.05. The molecule has 1 heterocycles. The molecule has 0 saturated carbocycles. The van der Waals surface area contributed by atoms with Crippen LogP contribution in [-0.4, -0.2) is 61.7 Å².